The van der Waals surface area contributed by atoms with Crippen LogP contribution < -0.4 is 5.32 Å². The maximum Gasteiger partial charge on any atom is 0.341 e. The van der Waals surface area contributed by atoms with Crippen molar-refractivity contribution in [2.75, 3.05) is 18.5 Å². The topological polar surface area (TPSA) is 55.4 Å². The number of alkyl halides is 2. The first-order valence-corrected chi connectivity index (χ1v) is 8.99. The molecule has 3 rings (SSSR count). The van der Waals surface area contributed by atoms with E-state index < -0.39 is 15.6 Å². The van der Waals surface area contributed by atoms with Gasteiger partial charge in [0.15, 0.2) is 0 Å². The Kier molecular flexibility index (Phi) is 4.36. The van der Waals surface area contributed by atoms with Crippen molar-refractivity contribution < 1.29 is 21.9 Å². The van der Waals surface area contributed by atoms with Crippen LogP contribution in [0.25, 0.3) is 0 Å². The summed E-state index contributed by atoms with van der Waals surface area (Å²) in [5.74, 6) is -2.48. The molecule has 1 aromatic rings. The van der Waals surface area contributed by atoms with Crippen LogP contribution in [-0.2, 0) is 14.6 Å². The quantitative estimate of drug-likeness (QED) is 0.922. The van der Waals surface area contributed by atoms with E-state index in [2.05, 4.69) is 5.32 Å². The largest absolute Gasteiger partial charge is 0.382 e. The summed E-state index contributed by atoms with van der Waals surface area (Å²) in [6.07, 6.45) is 3.44. The number of hydrogen-bond acceptors (Lipinski definition) is 4. The maximum absolute atomic E-state index is 12.5. The third-order valence-corrected chi connectivity index (χ3v) is 5.98. The number of rotatable bonds is 4. The monoisotopic (exact) mass is 331 g/mol. The highest BCUT2D eigenvalue weighted by Crippen LogP contribution is 2.35. The second kappa shape index (κ2) is 6.12. The van der Waals surface area contributed by atoms with Gasteiger partial charge >= 0.3 is 5.76 Å². The van der Waals surface area contributed by atoms with Crippen LogP contribution in [0.2, 0.25) is 0 Å². The highest BCUT2D eigenvalue weighted by Gasteiger charge is 2.37. The Labute approximate surface area is 128 Å². The Balaban J connectivity index is 1.74. The molecule has 1 saturated carbocycles. The molecule has 2 fully saturated rings. The Morgan fingerprint density at radius 3 is 2.23 bits per heavy atom. The molecule has 4 nitrogen and oxygen atoms in total. The molecule has 1 aromatic carbocycles. The minimum absolute atomic E-state index is 0.306. The number of ether oxygens (including phenoxy) is 1. The molecule has 2 bridgehead atoms. The lowest BCUT2D eigenvalue weighted by Crippen LogP contribution is -2.47. The number of halogens is 2. The highest BCUT2D eigenvalue weighted by molar-refractivity contribution is 7.91. The van der Waals surface area contributed by atoms with Crippen LogP contribution in [0, 0.1) is 11.8 Å². The smallest absolute Gasteiger partial charge is 0.341 e. The number of anilines is 1. The van der Waals surface area contributed by atoms with E-state index in [0.717, 1.165) is 31.7 Å². The van der Waals surface area contributed by atoms with Gasteiger partial charge in [-0.25, -0.2) is 8.42 Å². The lowest BCUT2D eigenvalue weighted by molar-refractivity contribution is -0.0192. The van der Waals surface area contributed by atoms with Crippen molar-refractivity contribution in [3.8, 4) is 0 Å². The molecule has 1 N–H and O–H groups in total. The minimum Gasteiger partial charge on any atom is -0.382 e. The molecular weight excluding hydrogens is 312 g/mol. The number of sulfone groups is 1. The fourth-order valence-electron chi connectivity index (χ4n) is 3.40. The first kappa shape index (κ1) is 15.7. The first-order valence-electron chi connectivity index (χ1n) is 7.45. The van der Waals surface area contributed by atoms with Gasteiger partial charge in [0, 0.05) is 23.6 Å². The molecule has 1 aliphatic heterocycles. The summed E-state index contributed by atoms with van der Waals surface area (Å²) in [4.78, 5) is -0.347. The van der Waals surface area contributed by atoms with Crippen LogP contribution in [0.5, 0.6) is 0 Å². The van der Waals surface area contributed by atoms with E-state index in [1.54, 1.807) is 12.1 Å². The normalized spacial score (nSPS) is 28.6. The zero-order valence-corrected chi connectivity index (χ0v) is 12.9. The average molecular weight is 331 g/mol. The predicted molar refractivity (Wildman–Crippen MR) is 78.7 cm³/mol. The lowest BCUT2D eigenvalue weighted by atomic mass is 9.76. The molecular formula is C15H19F2NO3S. The zero-order chi connectivity index (χ0) is 15.7. The summed E-state index contributed by atoms with van der Waals surface area (Å²) in [6, 6.07) is 5.89. The van der Waals surface area contributed by atoms with E-state index in [1.165, 1.54) is 18.6 Å². The van der Waals surface area contributed by atoms with Gasteiger partial charge in [0.25, 0.3) is 0 Å². The molecule has 7 heteroatoms. The third-order valence-electron chi connectivity index (χ3n) is 4.58. The molecule has 2 atom stereocenters. The van der Waals surface area contributed by atoms with Crippen molar-refractivity contribution in [1.29, 1.82) is 0 Å². The number of benzene rings is 1. The van der Waals surface area contributed by atoms with Crippen LogP contribution in [-0.4, -0.2) is 33.4 Å². The van der Waals surface area contributed by atoms with Gasteiger partial charge in [0.2, 0.25) is 9.84 Å². The molecule has 1 saturated heterocycles. The van der Waals surface area contributed by atoms with Crippen LogP contribution in [0.1, 0.15) is 19.3 Å². The van der Waals surface area contributed by atoms with Gasteiger partial charge in [0.1, 0.15) is 0 Å². The number of hydrogen-bond donors (Lipinski definition) is 1. The third kappa shape index (κ3) is 2.96. The Morgan fingerprint density at radius 1 is 1.09 bits per heavy atom. The molecule has 0 aromatic heterocycles. The van der Waals surface area contributed by atoms with Crippen LogP contribution in [0.3, 0.4) is 0 Å². The van der Waals surface area contributed by atoms with Crippen molar-refractivity contribution in [2.24, 2.45) is 11.8 Å². The summed E-state index contributed by atoms with van der Waals surface area (Å²) >= 11 is 0. The summed E-state index contributed by atoms with van der Waals surface area (Å²) in [6.45, 7) is 1.48. The fraction of sp³-hybridized carbons (Fsp3) is 0.600. The highest BCUT2D eigenvalue weighted by atomic mass is 32.2. The number of fused-ring (bicyclic) bond motifs is 2. The van der Waals surface area contributed by atoms with Gasteiger partial charge in [-0.15, -0.1) is 0 Å². The van der Waals surface area contributed by atoms with E-state index in [9.17, 15) is 17.2 Å². The summed E-state index contributed by atoms with van der Waals surface area (Å²) < 4.78 is 53.4. The van der Waals surface area contributed by atoms with Gasteiger partial charge in [-0.1, -0.05) is 6.42 Å². The van der Waals surface area contributed by atoms with E-state index in [-0.39, 0.29) is 4.90 Å². The standard InChI is InChI=1S/C15H19F2NO3S/c16-15(17)22(19,20)13-6-4-12(5-7-13)18-14-10-2-1-3-11(14)9-21-8-10/h4-7,10-11,14-15,18H,1-3,8-9H2. The van der Waals surface area contributed by atoms with E-state index in [4.69, 9.17) is 4.74 Å². The van der Waals surface area contributed by atoms with Crippen molar-refractivity contribution in [1.82, 2.24) is 0 Å². The van der Waals surface area contributed by atoms with Crippen molar-refractivity contribution in [2.45, 2.75) is 36.0 Å². The SMILES string of the molecule is O=S(=O)(c1ccc(NC2C3CCCC2COC3)cc1)C(F)F. The van der Waals surface area contributed by atoms with E-state index in [0.29, 0.717) is 17.9 Å². The van der Waals surface area contributed by atoms with Gasteiger partial charge < -0.3 is 10.1 Å². The van der Waals surface area contributed by atoms with Gasteiger partial charge in [-0.3, -0.25) is 0 Å². The van der Waals surface area contributed by atoms with Crippen molar-refractivity contribution in [3.05, 3.63) is 24.3 Å². The second-order valence-corrected chi connectivity index (χ2v) is 7.91. The molecule has 2 unspecified atom stereocenters. The van der Waals surface area contributed by atoms with Crippen molar-refractivity contribution >= 4 is 15.5 Å². The Hall–Kier alpha value is -1.21. The van der Waals surface area contributed by atoms with E-state index >= 15 is 0 Å². The molecule has 2 aliphatic rings. The van der Waals surface area contributed by atoms with Crippen LogP contribution in [0.15, 0.2) is 29.2 Å². The molecule has 1 heterocycles. The minimum atomic E-state index is -4.52. The fourth-order valence-corrected chi connectivity index (χ4v) is 4.12. The van der Waals surface area contributed by atoms with Gasteiger partial charge in [-0.05, 0) is 37.1 Å². The molecule has 22 heavy (non-hydrogen) atoms. The lowest BCUT2D eigenvalue weighted by Gasteiger charge is -2.43. The van der Waals surface area contributed by atoms with Crippen LogP contribution in [0.4, 0.5) is 14.5 Å². The van der Waals surface area contributed by atoms with Gasteiger partial charge in [-0.2, -0.15) is 8.78 Å². The van der Waals surface area contributed by atoms with E-state index in [1.807, 2.05) is 0 Å². The van der Waals surface area contributed by atoms with Gasteiger partial charge in [0.05, 0.1) is 18.1 Å². The molecule has 0 amide bonds. The Bertz CT molecular complexity index is 596. The molecule has 0 radical (unpaired) electrons. The second-order valence-electron chi connectivity index (χ2n) is 5.99. The number of nitrogens with one attached hydrogen (secondary N) is 1. The Morgan fingerprint density at radius 2 is 1.68 bits per heavy atom. The maximum atomic E-state index is 12.5. The van der Waals surface area contributed by atoms with Crippen LogP contribution >= 0.6 is 0 Å². The zero-order valence-electron chi connectivity index (χ0n) is 12.0. The summed E-state index contributed by atoms with van der Waals surface area (Å²) in [5.41, 5.74) is 0.761. The predicted octanol–water partition coefficient (Wildman–Crippen LogP) is 2.91. The summed E-state index contributed by atoms with van der Waals surface area (Å²) in [5, 5.41) is 3.43. The first-order chi connectivity index (χ1) is 10.5. The summed E-state index contributed by atoms with van der Waals surface area (Å²) in [7, 11) is -4.52. The average Bonchev–Trinajstić information content (AvgIpc) is 2.47. The molecule has 0 spiro atoms. The van der Waals surface area contributed by atoms with Crippen molar-refractivity contribution in [3.63, 3.8) is 0 Å². The molecule has 1 aliphatic carbocycles. The molecule has 122 valence electrons.